The number of hydrogen-bond donors (Lipinski definition) is 3. The minimum atomic E-state index is -1.13. The van der Waals surface area contributed by atoms with E-state index < -0.39 is 18.0 Å². The van der Waals surface area contributed by atoms with Gasteiger partial charge < -0.3 is 20.5 Å². The zero-order valence-corrected chi connectivity index (χ0v) is 19.4. The van der Waals surface area contributed by atoms with Crippen LogP contribution in [0.4, 0.5) is 21.1 Å². The molecule has 11 heteroatoms. The summed E-state index contributed by atoms with van der Waals surface area (Å²) in [6.45, 7) is 0.660. The number of ether oxygens (including phenoxy) is 1. The Bertz CT molecular complexity index is 1250. The number of nitrogens with one attached hydrogen (secondary N) is 2. The third kappa shape index (κ3) is 5.08. The fourth-order valence-corrected chi connectivity index (χ4v) is 4.08. The van der Waals surface area contributed by atoms with Crippen LogP contribution in [0.3, 0.4) is 0 Å². The van der Waals surface area contributed by atoms with Crippen molar-refractivity contribution in [1.29, 1.82) is 0 Å². The second kappa shape index (κ2) is 10.2. The molecule has 1 aliphatic heterocycles. The number of fused-ring (bicyclic) bond motifs is 1. The molecule has 35 heavy (non-hydrogen) atoms. The number of likely N-dealkylation sites (tertiary alicyclic amines) is 1. The van der Waals surface area contributed by atoms with Gasteiger partial charge in [-0.15, -0.1) is 0 Å². The van der Waals surface area contributed by atoms with Crippen LogP contribution in [0.5, 0.6) is 5.75 Å². The maximum absolute atomic E-state index is 12.9. The predicted molar refractivity (Wildman–Crippen MR) is 130 cm³/mol. The van der Waals surface area contributed by atoms with Crippen LogP contribution in [0, 0.1) is 0 Å². The molecule has 2 aromatic carbocycles. The smallest absolute Gasteiger partial charge is 0.407 e. The number of carboxylic acid groups (broad SMARTS) is 1. The first kappa shape index (κ1) is 23.7. The molecule has 3 aromatic rings. The van der Waals surface area contributed by atoms with E-state index in [0.717, 1.165) is 10.5 Å². The second-order valence-corrected chi connectivity index (χ2v) is 8.09. The van der Waals surface area contributed by atoms with Gasteiger partial charge in [0.1, 0.15) is 23.9 Å². The quantitative estimate of drug-likeness (QED) is 0.495. The molecule has 1 aromatic heterocycles. The van der Waals surface area contributed by atoms with Crippen molar-refractivity contribution in [3.05, 3.63) is 54.4 Å². The number of urea groups is 1. The van der Waals surface area contributed by atoms with Gasteiger partial charge in [-0.3, -0.25) is 14.6 Å². The van der Waals surface area contributed by atoms with Crippen molar-refractivity contribution in [2.45, 2.75) is 25.4 Å². The summed E-state index contributed by atoms with van der Waals surface area (Å²) >= 11 is 0. The van der Waals surface area contributed by atoms with Crippen molar-refractivity contribution >= 4 is 40.4 Å². The van der Waals surface area contributed by atoms with Gasteiger partial charge in [-0.2, -0.15) is 0 Å². The highest BCUT2D eigenvalue weighted by Crippen LogP contribution is 2.33. The molecule has 1 saturated heterocycles. The molecule has 4 rings (SSSR count). The first-order chi connectivity index (χ1) is 16.9. The Morgan fingerprint density at radius 2 is 1.97 bits per heavy atom. The maximum atomic E-state index is 12.9. The molecule has 4 amide bonds. The third-order valence-electron chi connectivity index (χ3n) is 5.90. The van der Waals surface area contributed by atoms with Gasteiger partial charge in [0.05, 0.1) is 18.3 Å². The van der Waals surface area contributed by atoms with Crippen LogP contribution in [-0.2, 0) is 11.3 Å². The van der Waals surface area contributed by atoms with E-state index in [4.69, 9.17) is 4.74 Å². The maximum Gasteiger partial charge on any atom is 0.407 e. The summed E-state index contributed by atoms with van der Waals surface area (Å²) in [7, 11) is 3.05. The summed E-state index contributed by atoms with van der Waals surface area (Å²) in [6, 6.07) is 11.6. The van der Waals surface area contributed by atoms with Gasteiger partial charge >= 0.3 is 12.1 Å². The lowest BCUT2D eigenvalue weighted by Gasteiger charge is -2.22. The minimum absolute atomic E-state index is 0.309. The second-order valence-electron chi connectivity index (χ2n) is 8.09. The van der Waals surface area contributed by atoms with Crippen LogP contribution in [0.2, 0.25) is 0 Å². The third-order valence-corrected chi connectivity index (χ3v) is 5.90. The van der Waals surface area contributed by atoms with Crippen LogP contribution >= 0.6 is 0 Å². The lowest BCUT2D eigenvalue weighted by atomic mass is 10.1. The Morgan fingerprint density at radius 1 is 1.20 bits per heavy atom. The summed E-state index contributed by atoms with van der Waals surface area (Å²) in [4.78, 5) is 48.2. The van der Waals surface area contributed by atoms with Gasteiger partial charge in [0.25, 0.3) is 0 Å². The van der Waals surface area contributed by atoms with Gasteiger partial charge in [0, 0.05) is 31.6 Å². The summed E-state index contributed by atoms with van der Waals surface area (Å²) in [5, 5.41) is 15.5. The number of carbonyl (C=O) groups excluding carboxylic acids is 2. The minimum Gasteiger partial charge on any atom is -0.494 e. The predicted octanol–water partition coefficient (Wildman–Crippen LogP) is 3.07. The van der Waals surface area contributed by atoms with Crippen molar-refractivity contribution in [2.24, 2.45) is 0 Å². The molecular weight excluding hydrogens is 452 g/mol. The van der Waals surface area contributed by atoms with Crippen molar-refractivity contribution in [2.75, 3.05) is 30.9 Å². The lowest BCUT2D eigenvalue weighted by Crippen LogP contribution is -2.42. The van der Waals surface area contributed by atoms with Crippen molar-refractivity contribution < 1.29 is 24.2 Å². The fraction of sp³-hybridized carbons (Fsp3) is 0.292. The van der Waals surface area contributed by atoms with Gasteiger partial charge in [-0.1, -0.05) is 30.3 Å². The van der Waals surface area contributed by atoms with Gasteiger partial charge in [-0.05, 0) is 24.5 Å². The Morgan fingerprint density at radius 3 is 2.69 bits per heavy atom. The highest BCUT2D eigenvalue weighted by Gasteiger charge is 2.34. The average molecular weight is 479 g/mol. The summed E-state index contributed by atoms with van der Waals surface area (Å²) in [5.74, 6) is 0.244. The van der Waals surface area contributed by atoms with Crippen LogP contribution < -0.4 is 20.3 Å². The molecule has 11 nitrogen and oxygen atoms in total. The molecule has 2 heterocycles. The molecule has 0 spiro atoms. The number of carbonyl (C=O) groups is 3. The van der Waals surface area contributed by atoms with Crippen LogP contribution in [0.25, 0.3) is 10.9 Å². The van der Waals surface area contributed by atoms with Crippen LogP contribution in [0.15, 0.2) is 48.8 Å². The van der Waals surface area contributed by atoms with Crippen molar-refractivity contribution in [3.8, 4) is 5.75 Å². The largest absolute Gasteiger partial charge is 0.494 e. The summed E-state index contributed by atoms with van der Waals surface area (Å²) < 4.78 is 5.43. The molecule has 1 atom stereocenters. The first-order valence-electron chi connectivity index (χ1n) is 11.1. The monoisotopic (exact) mass is 478 g/mol. The van der Waals surface area contributed by atoms with Crippen molar-refractivity contribution in [1.82, 2.24) is 20.2 Å². The molecule has 1 aliphatic rings. The normalized spacial score (nSPS) is 15.0. The fourth-order valence-electron chi connectivity index (χ4n) is 4.08. The van der Waals surface area contributed by atoms with E-state index in [1.165, 1.54) is 18.3 Å². The molecule has 1 fully saturated rings. The Hall–Kier alpha value is -4.41. The molecule has 0 saturated carbocycles. The van der Waals surface area contributed by atoms with Crippen LogP contribution in [-0.4, -0.2) is 64.7 Å². The van der Waals surface area contributed by atoms with E-state index in [0.29, 0.717) is 54.1 Å². The molecular formula is C24H26N6O5. The lowest BCUT2D eigenvalue weighted by molar-refractivity contribution is -0.119. The molecule has 0 bridgehead atoms. The molecule has 0 aliphatic carbocycles. The van der Waals surface area contributed by atoms with E-state index >= 15 is 0 Å². The highest BCUT2D eigenvalue weighted by atomic mass is 16.5. The van der Waals surface area contributed by atoms with E-state index in [9.17, 15) is 19.5 Å². The van der Waals surface area contributed by atoms with Gasteiger partial charge in [-0.25, -0.2) is 19.6 Å². The van der Waals surface area contributed by atoms with E-state index in [1.54, 1.807) is 19.2 Å². The zero-order chi connectivity index (χ0) is 24.9. The molecule has 0 radical (unpaired) electrons. The van der Waals surface area contributed by atoms with E-state index in [1.807, 2.05) is 30.3 Å². The number of anilines is 2. The molecule has 1 unspecified atom stereocenters. The Kier molecular flexibility index (Phi) is 6.95. The van der Waals surface area contributed by atoms with E-state index in [-0.39, 0.29) is 6.03 Å². The number of rotatable bonds is 6. The number of nitrogens with zero attached hydrogens (tertiary/aromatic N) is 4. The van der Waals surface area contributed by atoms with Gasteiger partial charge in [0.15, 0.2) is 0 Å². The zero-order valence-electron chi connectivity index (χ0n) is 19.4. The number of methoxy groups -OCH3 is 1. The molecule has 182 valence electrons. The van der Waals surface area contributed by atoms with Crippen LogP contribution in [0.1, 0.15) is 18.4 Å². The standard InChI is InChI=1S/C24H26N6O5/c1-29(23(32)25-13-15-7-4-3-5-8-15)21-16-11-18(20(35-2)12-17(16)26-14-27-21)28-22(31)19-9-6-10-30(19)24(33)34/h3-5,7-8,11-12,14,19H,6,9-10,13H2,1-2H3,(H,25,32)(H,28,31)(H,33,34). The number of benzene rings is 2. The molecule has 3 N–H and O–H groups in total. The summed E-state index contributed by atoms with van der Waals surface area (Å²) in [5.41, 5.74) is 1.80. The number of hydrogen-bond acceptors (Lipinski definition) is 6. The summed E-state index contributed by atoms with van der Waals surface area (Å²) in [6.07, 6.45) is 1.26. The van der Waals surface area contributed by atoms with E-state index in [2.05, 4.69) is 20.6 Å². The Balaban J connectivity index is 1.60. The van der Waals surface area contributed by atoms with Gasteiger partial charge in [0.2, 0.25) is 5.91 Å². The number of aromatic nitrogens is 2. The highest BCUT2D eigenvalue weighted by molar-refractivity contribution is 6.04. The Labute approximate surface area is 201 Å². The SMILES string of the molecule is COc1cc2ncnc(N(C)C(=O)NCc3ccccc3)c2cc1NC(=O)C1CCCN1C(=O)O. The number of amides is 4. The van der Waals surface area contributed by atoms with Crippen molar-refractivity contribution in [3.63, 3.8) is 0 Å². The first-order valence-corrected chi connectivity index (χ1v) is 11.1. The average Bonchev–Trinajstić information content (AvgIpc) is 3.37. The topological polar surface area (TPSA) is 137 Å².